The monoisotopic (exact) mass is 257 g/mol. The van der Waals surface area contributed by atoms with Gasteiger partial charge in [0.25, 0.3) is 0 Å². The highest BCUT2D eigenvalue weighted by Gasteiger charge is 2.35. The third kappa shape index (κ3) is 3.22. The Morgan fingerprint density at radius 3 is 2.44 bits per heavy atom. The summed E-state index contributed by atoms with van der Waals surface area (Å²) < 4.78 is 59.6. The van der Waals surface area contributed by atoms with E-state index in [9.17, 15) is 21.6 Å². The first-order chi connectivity index (χ1) is 7.09. The van der Waals surface area contributed by atoms with Gasteiger partial charge in [0.15, 0.2) is 11.6 Å². The highest BCUT2D eigenvalue weighted by Crippen LogP contribution is 2.29. The van der Waals surface area contributed by atoms with Gasteiger partial charge in [-0.15, -0.1) is 0 Å². The van der Waals surface area contributed by atoms with E-state index >= 15 is 0 Å². The molecule has 1 aromatic rings. The van der Waals surface area contributed by atoms with E-state index in [-0.39, 0.29) is 0 Å². The maximum atomic E-state index is 12.1. The van der Waals surface area contributed by atoms with Crippen molar-refractivity contribution < 1.29 is 26.7 Å². The molecule has 0 saturated carbocycles. The van der Waals surface area contributed by atoms with E-state index in [0.29, 0.717) is 12.5 Å². The number of anilines is 1. The standard InChI is InChI=1S/C6H6F3N3O3S/c1-16(14,15)12-4-3(13)2-10-5(11-4)6(7,8)9/h2,13H,1H3,(H,10,11,12). The molecular weight excluding hydrogens is 251 g/mol. The Morgan fingerprint density at radius 2 is 2.00 bits per heavy atom. The molecule has 0 bridgehead atoms. The molecule has 1 heterocycles. The second-order valence-electron chi connectivity index (χ2n) is 2.80. The van der Waals surface area contributed by atoms with Crippen molar-refractivity contribution in [3.05, 3.63) is 12.0 Å². The summed E-state index contributed by atoms with van der Waals surface area (Å²) in [5.41, 5.74) is 0. The van der Waals surface area contributed by atoms with Gasteiger partial charge >= 0.3 is 6.18 Å². The zero-order valence-electron chi connectivity index (χ0n) is 7.78. The predicted octanol–water partition coefficient (Wildman–Crippen LogP) is 0.572. The van der Waals surface area contributed by atoms with Crippen LogP contribution in [0.25, 0.3) is 0 Å². The maximum absolute atomic E-state index is 12.1. The highest BCUT2D eigenvalue weighted by atomic mass is 32.2. The summed E-state index contributed by atoms with van der Waals surface area (Å²) >= 11 is 0. The lowest BCUT2D eigenvalue weighted by atomic mass is 10.5. The van der Waals surface area contributed by atoms with Crippen LogP contribution in [0.2, 0.25) is 0 Å². The van der Waals surface area contributed by atoms with Crippen molar-refractivity contribution in [3.63, 3.8) is 0 Å². The Bertz CT molecular complexity index is 499. The number of aromatic nitrogens is 2. The Balaban J connectivity index is 3.20. The van der Waals surface area contributed by atoms with Crippen LogP contribution in [0.1, 0.15) is 5.82 Å². The summed E-state index contributed by atoms with van der Waals surface area (Å²) in [7, 11) is -3.83. The first-order valence-corrected chi connectivity index (χ1v) is 5.60. The summed E-state index contributed by atoms with van der Waals surface area (Å²) in [4.78, 5) is 5.67. The zero-order chi connectivity index (χ0) is 12.6. The topological polar surface area (TPSA) is 92.2 Å². The fourth-order valence-electron chi connectivity index (χ4n) is 0.763. The van der Waals surface area contributed by atoms with Gasteiger partial charge in [-0.25, -0.2) is 18.4 Å². The molecule has 1 rings (SSSR count). The molecule has 0 aliphatic carbocycles. The minimum atomic E-state index is -4.82. The van der Waals surface area contributed by atoms with Crippen molar-refractivity contribution in [3.8, 4) is 5.75 Å². The van der Waals surface area contributed by atoms with Crippen molar-refractivity contribution in [2.45, 2.75) is 6.18 Å². The van der Waals surface area contributed by atoms with E-state index < -0.39 is 33.6 Å². The van der Waals surface area contributed by atoms with E-state index in [2.05, 4.69) is 9.97 Å². The van der Waals surface area contributed by atoms with Crippen LogP contribution in [0, 0.1) is 0 Å². The van der Waals surface area contributed by atoms with Crippen LogP contribution < -0.4 is 4.72 Å². The lowest BCUT2D eigenvalue weighted by Crippen LogP contribution is -2.16. The summed E-state index contributed by atoms with van der Waals surface area (Å²) in [5.74, 6) is -3.15. The number of sulfonamides is 1. The van der Waals surface area contributed by atoms with Crippen LogP contribution in [0.5, 0.6) is 5.75 Å². The average Bonchev–Trinajstić information content (AvgIpc) is 2.04. The van der Waals surface area contributed by atoms with Gasteiger partial charge in [0.05, 0.1) is 12.5 Å². The molecule has 1 aromatic heterocycles. The van der Waals surface area contributed by atoms with Crippen molar-refractivity contribution in [1.29, 1.82) is 0 Å². The lowest BCUT2D eigenvalue weighted by molar-refractivity contribution is -0.144. The van der Waals surface area contributed by atoms with E-state index in [1.165, 1.54) is 0 Å². The Labute approximate surface area is 88.2 Å². The van der Waals surface area contributed by atoms with Crippen LogP contribution in [0.3, 0.4) is 0 Å². The van der Waals surface area contributed by atoms with Crippen LogP contribution in [0.4, 0.5) is 19.0 Å². The minimum Gasteiger partial charge on any atom is -0.503 e. The molecule has 6 nitrogen and oxygen atoms in total. The van der Waals surface area contributed by atoms with Gasteiger partial charge in [0.2, 0.25) is 15.8 Å². The molecule has 0 spiro atoms. The maximum Gasteiger partial charge on any atom is 0.451 e. The van der Waals surface area contributed by atoms with E-state index in [4.69, 9.17) is 5.11 Å². The number of halogens is 3. The van der Waals surface area contributed by atoms with E-state index in [0.717, 1.165) is 0 Å². The largest absolute Gasteiger partial charge is 0.503 e. The molecule has 16 heavy (non-hydrogen) atoms. The second-order valence-corrected chi connectivity index (χ2v) is 4.55. The highest BCUT2D eigenvalue weighted by molar-refractivity contribution is 7.92. The van der Waals surface area contributed by atoms with Gasteiger partial charge in [0, 0.05) is 0 Å². The molecule has 0 radical (unpaired) electrons. The smallest absolute Gasteiger partial charge is 0.451 e. The lowest BCUT2D eigenvalue weighted by Gasteiger charge is -2.08. The van der Waals surface area contributed by atoms with Gasteiger partial charge in [-0.2, -0.15) is 13.2 Å². The van der Waals surface area contributed by atoms with Gasteiger partial charge < -0.3 is 5.11 Å². The minimum absolute atomic E-state index is 0.462. The van der Waals surface area contributed by atoms with Crippen LogP contribution in [-0.4, -0.2) is 29.7 Å². The van der Waals surface area contributed by atoms with E-state index in [1.54, 1.807) is 4.72 Å². The molecule has 0 aromatic carbocycles. The molecule has 0 fully saturated rings. The van der Waals surface area contributed by atoms with Crippen molar-refractivity contribution in [2.24, 2.45) is 0 Å². The number of rotatable bonds is 2. The quantitative estimate of drug-likeness (QED) is 0.808. The summed E-state index contributed by atoms with van der Waals surface area (Å²) in [6.07, 6.45) is -3.65. The average molecular weight is 257 g/mol. The fraction of sp³-hybridized carbons (Fsp3) is 0.333. The SMILES string of the molecule is CS(=O)(=O)Nc1nc(C(F)(F)F)ncc1O. The van der Waals surface area contributed by atoms with Crippen LogP contribution in [0.15, 0.2) is 6.20 Å². The Hall–Kier alpha value is -1.58. The summed E-state index contributed by atoms with van der Waals surface area (Å²) in [6, 6.07) is 0. The molecule has 0 aliphatic heterocycles. The molecule has 0 amide bonds. The third-order valence-electron chi connectivity index (χ3n) is 1.31. The van der Waals surface area contributed by atoms with Crippen molar-refractivity contribution >= 4 is 15.8 Å². The molecule has 2 N–H and O–H groups in total. The molecule has 0 aliphatic rings. The molecule has 0 saturated heterocycles. The second kappa shape index (κ2) is 3.77. The van der Waals surface area contributed by atoms with Gasteiger partial charge in [0.1, 0.15) is 0 Å². The van der Waals surface area contributed by atoms with E-state index in [1.807, 2.05) is 0 Å². The summed E-state index contributed by atoms with van der Waals surface area (Å²) in [6.45, 7) is 0. The Kier molecular flexibility index (Phi) is 2.95. The molecule has 10 heteroatoms. The van der Waals surface area contributed by atoms with Crippen molar-refractivity contribution in [2.75, 3.05) is 11.0 Å². The molecule has 90 valence electrons. The zero-order valence-corrected chi connectivity index (χ0v) is 8.59. The number of nitrogens with zero attached hydrogens (tertiary/aromatic N) is 2. The normalized spacial score (nSPS) is 12.5. The Morgan fingerprint density at radius 1 is 1.44 bits per heavy atom. The number of alkyl halides is 3. The van der Waals surface area contributed by atoms with Gasteiger partial charge in [-0.05, 0) is 0 Å². The first-order valence-electron chi connectivity index (χ1n) is 3.70. The summed E-state index contributed by atoms with van der Waals surface area (Å²) in [5, 5.41) is 9.04. The third-order valence-corrected chi connectivity index (χ3v) is 1.87. The van der Waals surface area contributed by atoms with Crippen LogP contribution >= 0.6 is 0 Å². The molecule has 0 atom stereocenters. The molecule has 0 unspecified atom stereocenters. The predicted molar refractivity (Wildman–Crippen MR) is 47.2 cm³/mol. The number of hydrogen-bond donors (Lipinski definition) is 2. The van der Waals surface area contributed by atoms with Crippen LogP contribution in [-0.2, 0) is 16.2 Å². The number of hydrogen-bond acceptors (Lipinski definition) is 5. The van der Waals surface area contributed by atoms with Gasteiger partial charge in [-0.3, -0.25) is 4.72 Å². The fourth-order valence-corrected chi connectivity index (χ4v) is 1.26. The number of nitrogens with one attached hydrogen (secondary N) is 1. The molecular formula is C6H6F3N3O3S. The number of aromatic hydroxyl groups is 1. The first kappa shape index (κ1) is 12.5. The van der Waals surface area contributed by atoms with Crippen molar-refractivity contribution in [1.82, 2.24) is 9.97 Å². The van der Waals surface area contributed by atoms with Gasteiger partial charge in [-0.1, -0.05) is 0 Å².